The van der Waals surface area contributed by atoms with Crippen molar-refractivity contribution in [3.63, 3.8) is 0 Å². The van der Waals surface area contributed by atoms with Gasteiger partial charge in [0.25, 0.3) is 0 Å². The highest BCUT2D eigenvalue weighted by Crippen LogP contribution is 2.27. The lowest BCUT2D eigenvalue weighted by Crippen LogP contribution is -2.23. The van der Waals surface area contributed by atoms with Crippen LogP contribution in [0.5, 0.6) is 0 Å². The van der Waals surface area contributed by atoms with Crippen LogP contribution in [-0.4, -0.2) is 17.4 Å². The number of hydrogen-bond donors (Lipinski definition) is 2. The Balaban J connectivity index is 2.34. The van der Waals surface area contributed by atoms with Gasteiger partial charge in [-0.3, -0.25) is 4.79 Å². The molecule has 0 aliphatic carbocycles. The Bertz CT molecular complexity index is 577. The summed E-state index contributed by atoms with van der Waals surface area (Å²) in [5.41, 5.74) is 7.89. The van der Waals surface area contributed by atoms with Gasteiger partial charge in [0, 0.05) is 24.9 Å². The molecule has 0 saturated heterocycles. The summed E-state index contributed by atoms with van der Waals surface area (Å²) in [4.78, 5) is 15.3. The van der Waals surface area contributed by atoms with E-state index in [9.17, 15) is 4.79 Å². The number of benzene rings is 1. The Hall–Kier alpha value is -1.88. The maximum atomic E-state index is 11.0. The van der Waals surface area contributed by atoms with E-state index in [1.54, 1.807) is 0 Å². The number of nitrogens with one attached hydrogen (secondary N) is 1. The minimum atomic E-state index is -0.288. The van der Waals surface area contributed by atoms with Gasteiger partial charge in [-0.15, -0.1) is 0 Å². The number of rotatable bonds is 6. The SMILES string of the molecule is CCNC(CCC(N)=O)c1cccc2nc(C)oc12. The molecule has 0 bridgehead atoms. The first-order chi connectivity index (χ1) is 9.11. The number of primary amides is 1. The molecule has 0 aliphatic heterocycles. The molecular weight excluding hydrogens is 242 g/mol. The first-order valence-corrected chi connectivity index (χ1v) is 6.49. The third-order valence-corrected chi connectivity index (χ3v) is 3.06. The lowest BCUT2D eigenvalue weighted by molar-refractivity contribution is -0.118. The van der Waals surface area contributed by atoms with E-state index in [0.717, 1.165) is 23.2 Å². The molecule has 0 radical (unpaired) electrons. The number of aromatic nitrogens is 1. The molecule has 1 unspecified atom stereocenters. The summed E-state index contributed by atoms with van der Waals surface area (Å²) in [6.07, 6.45) is 1.00. The van der Waals surface area contributed by atoms with Gasteiger partial charge in [0.2, 0.25) is 5.91 Å². The van der Waals surface area contributed by atoms with Crippen LogP contribution >= 0.6 is 0 Å². The number of para-hydroxylation sites is 1. The van der Waals surface area contributed by atoms with Crippen LogP contribution in [0.3, 0.4) is 0 Å². The summed E-state index contributed by atoms with van der Waals surface area (Å²) in [6, 6.07) is 5.93. The summed E-state index contributed by atoms with van der Waals surface area (Å²) in [7, 11) is 0. The summed E-state index contributed by atoms with van der Waals surface area (Å²) in [6.45, 7) is 4.67. The van der Waals surface area contributed by atoms with E-state index in [1.807, 2.05) is 32.0 Å². The van der Waals surface area contributed by atoms with Crippen LogP contribution in [0.1, 0.15) is 37.3 Å². The first-order valence-electron chi connectivity index (χ1n) is 6.49. The molecule has 5 heteroatoms. The molecule has 2 rings (SSSR count). The van der Waals surface area contributed by atoms with Crippen molar-refractivity contribution in [1.29, 1.82) is 0 Å². The molecule has 1 amide bonds. The smallest absolute Gasteiger partial charge is 0.217 e. The van der Waals surface area contributed by atoms with Crippen molar-refractivity contribution in [3.8, 4) is 0 Å². The minimum Gasteiger partial charge on any atom is -0.441 e. The van der Waals surface area contributed by atoms with Gasteiger partial charge in [0.1, 0.15) is 5.52 Å². The Morgan fingerprint density at radius 1 is 1.53 bits per heavy atom. The van der Waals surface area contributed by atoms with E-state index in [2.05, 4.69) is 10.3 Å². The second-order valence-electron chi connectivity index (χ2n) is 4.54. The van der Waals surface area contributed by atoms with Gasteiger partial charge >= 0.3 is 0 Å². The standard InChI is InChI=1S/C14H19N3O2/c1-3-16-11(7-8-13(15)18)10-5-4-6-12-14(10)19-9(2)17-12/h4-6,11,16H,3,7-8H2,1-2H3,(H2,15,18). The summed E-state index contributed by atoms with van der Waals surface area (Å²) >= 11 is 0. The second kappa shape index (κ2) is 5.84. The average Bonchev–Trinajstić information content (AvgIpc) is 2.74. The second-order valence-corrected chi connectivity index (χ2v) is 4.54. The van der Waals surface area contributed by atoms with E-state index in [0.29, 0.717) is 18.7 Å². The molecule has 0 spiro atoms. The van der Waals surface area contributed by atoms with Crippen LogP contribution in [0.2, 0.25) is 0 Å². The van der Waals surface area contributed by atoms with Crippen molar-refractivity contribution in [2.24, 2.45) is 5.73 Å². The number of nitrogens with zero attached hydrogens (tertiary/aromatic N) is 1. The maximum absolute atomic E-state index is 11.0. The van der Waals surface area contributed by atoms with Gasteiger partial charge in [0.05, 0.1) is 0 Å². The number of hydrogen-bond acceptors (Lipinski definition) is 4. The molecule has 5 nitrogen and oxygen atoms in total. The van der Waals surface area contributed by atoms with Gasteiger partial charge in [-0.1, -0.05) is 19.1 Å². The van der Waals surface area contributed by atoms with Crippen LogP contribution in [0.15, 0.2) is 22.6 Å². The van der Waals surface area contributed by atoms with E-state index in [-0.39, 0.29) is 11.9 Å². The van der Waals surface area contributed by atoms with Gasteiger partial charge < -0.3 is 15.5 Å². The van der Waals surface area contributed by atoms with Crippen LogP contribution in [-0.2, 0) is 4.79 Å². The van der Waals surface area contributed by atoms with Crippen molar-refractivity contribution in [3.05, 3.63) is 29.7 Å². The average molecular weight is 261 g/mol. The van der Waals surface area contributed by atoms with Crippen LogP contribution in [0, 0.1) is 6.92 Å². The lowest BCUT2D eigenvalue weighted by Gasteiger charge is -2.17. The zero-order chi connectivity index (χ0) is 13.8. The molecular formula is C14H19N3O2. The molecule has 1 aromatic heterocycles. The van der Waals surface area contributed by atoms with E-state index < -0.39 is 0 Å². The molecule has 2 aromatic rings. The molecule has 0 aliphatic rings. The van der Waals surface area contributed by atoms with Crippen molar-refractivity contribution in [2.75, 3.05) is 6.54 Å². The predicted molar refractivity (Wildman–Crippen MR) is 73.6 cm³/mol. The Kier molecular flexibility index (Phi) is 4.16. The number of amides is 1. The molecule has 1 atom stereocenters. The fraction of sp³-hybridized carbons (Fsp3) is 0.429. The van der Waals surface area contributed by atoms with Crippen molar-refractivity contribution >= 4 is 17.0 Å². The molecule has 3 N–H and O–H groups in total. The monoisotopic (exact) mass is 261 g/mol. The molecule has 19 heavy (non-hydrogen) atoms. The van der Waals surface area contributed by atoms with Crippen molar-refractivity contribution in [2.45, 2.75) is 32.7 Å². The highest BCUT2D eigenvalue weighted by atomic mass is 16.3. The van der Waals surface area contributed by atoms with Gasteiger partial charge in [-0.05, 0) is 19.0 Å². The number of carbonyl (C=O) groups excluding carboxylic acids is 1. The number of aryl methyl sites for hydroxylation is 1. The number of oxazole rings is 1. The fourth-order valence-electron chi connectivity index (χ4n) is 2.26. The lowest BCUT2D eigenvalue weighted by atomic mass is 10.0. The summed E-state index contributed by atoms with van der Waals surface area (Å²) in [5.74, 6) is 0.358. The normalized spacial score (nSPS) is 12.7. The Morgan fingerprint density at radius 2 is 2.32 bits per heavy atom. The van der Waals surface area contributed by atoms with Gasteiger partial charge in [-0.25, -0.2) is 4.98 Å². The summed E-state index contributed by atoms with van der Waals surface area (Å²) < 4.78 is 5.67. The topological polar surface area (TPSA) is 81.1 Å². The van der Waals surface area contributed by atoms with E-state index in [4.69, 9.17) is 10.2 Å². The molecule has 0 saturated carbocycles. The fourth-order valence-corrected chi connectivity index (χ4v) is 2.26. The van der Waals surface area contributed by atoms with Crippen LogP contribution < -0.4 is 11.1 Å². The molecule has 102 valence electrons. The first kappa shape index (κ1) is 13.5. The molecule has 1 aromatic carbocycles. The van der Waals surface area contributed by atoms with Crippen molar-refractivity contribution < 1.29 is 9.21 Å². The van der Waals surface area contributed by atoms with Gasteiger partial charge in [0.15, 0.2) is 11.5 Å². The number of nitrogens with two attached hydrogens (primary N) is 1. The largest absolute Gasteiger partial charge is 0.441 e. The van der Waals surface area contributed by atoms with E-state index >= 15 is 0 Å². The highest BCUT2D eigenvalue weighted by Gasteiger charge is 2.17. The summed E-state index contributed by atoms with van der Waals surface area (Å²) in [5, 5.41) is 3.36. The van der Waals surface area contributed by atoms with E-state index in [1.165, 1.54) is 0 Å². The minimum absolute atomic E-state index is 0.0496. The Morgan fingerprint density at radius 3 is 3.00 bits per heavy atom. The Labute approximate surface area is 112 Å². The molecule has 1 heterocycles. The quantitative estimate of drug-likeness (QED) is 0.834. The zero-order valence-corrected chi connectivity index (χ0v) is 11.3. The molecule has 0 fully saturated rings. The highest BCUT2D eigenvalue weighted by molar-refractivity contribution is 5.77. The third kappa shape index (κ3) is 3.12. The predicted octanol–water partition coefficient (Wildman–Crippen LogP) is 2.05. The zero-order valence-electron chi connectivity index (χ0n) is 11.3. The van der Waals surface area contributed by atoms with Gasteiger partial charge in [-0.2, -0.15) is 0 Å². The number of carbonyl (C=O) groups is 1. The van der Waals surface area contributed by atoms with Crippen LogP contribution in [0.25, 0.3) is 11.1 Å². The van der Waals surface area contributed by atoms with Crippen molar-refractivity contribution in [1.82, 2.24) is 10.3 Å². The third-order valence-electron chi connectivity index (χ3n) is 3.06. The van der Waals surface area contributed by atoms with Crippen LogP contribution in [0.4, 0.5) is 0 Å². The maximum Gasteiger partial charge on any atom is 0.217 e. The number of fused-ring (bicyclic) bond motifs is 1.